The van der Waals surface area contributed by atoms with Crippen molar-refractivity contribution in [3.63, 3.8) is 0 Å². The van der Waals surface area contributed by atoms with Gasteiger partial charge in [0.2, 0.25) is 17.7 Å². The molecule has 0 saturated heterocycles. The van der Waals surface area contributed by atoms with Gasteiger partial charge in [-0.15, -0.1) is 0 Å². The fourth-order valence-corrected chi connectivity index (χ4v) is 2.82. The summed E-state index contributed by atoms with van der Waals surface area (Å²) in [5.74, 6) is -9.00. The van der Waals surface area contributed by atoms with Gasteiger partial charge in [-0.2, -0.15) is 0 Å². The van der Waals surface area contributed by atoms with Crippen LogP contribution in [0.3, 0.4) is 0 Å². The molecule has 5 unspecified atom stereocenters. The quantitative estimate of drug-likeness (QED) is 0.108. The Labute approximate surface area is 200 Å². The zero-order chi connectivity index (χ0) is 27.3. The molecule has 0 fully saturated rings. The topological polar surface area (TPSA) is 263 Å². The Balaban J connectivity index is 5.56. The Kier molecular flexibility index (Phi) is 13.6. The molecule has 0 aliphatic rings. The molecule has 0 rings (SSSR count). The molecule has 0 heterocycles. The highest BCUT2D eigenvalue weighted by atomic mass is 16.4. The third-order valence-electron chi connectivity index (χ3n) is 5.07. The lowest BCUT2D eigenvalue weighted by molar-refractivity contribution is -0.144. The molecule has 0 spiro atoms. The van der Waals surface area contributed by atoms with Crippen molar-refractivity contribution in [2.45, 2.75) is 76.5 Å². The Morgan fingerprint density at radius 3 is 1.69 bits per heavy atom. The summed E-state index contributed by atoms with van der Waals surface area (Å²) >= 11 is 0. The lowest BCUT2D eigenvalue weighted by Gasteiger charge is -2.27. The number of rotatable bonds is 17. The molecule has 35 heavy (non-hydrogen) atoms. The Morgan fingerprint density at radius 1 is 0.714 bits per heavy atom. The van der Waals surface area contributed by atoms with Crippen LogP contribution in [0.25, 0.3) is 0 Å². The molecule has 0 bridgehead atoms. The number of hydrogen-bond acceptors (Lipinski definition) is 8. The van der Waals surface area contributed by atoms with E-state index in [1.165, 1.54) is 0 Å². The lowest BCUT2D eigenvalue weighted by Crippen LogP contribution is -2.59. The van der Waals surface area contributed by atoms with Gasteiger partial charge in [-0.3, -0.25) is 28.8 Å². The van der Waals surface area contributed by atoms with E-state index in [0.717, 1.165) is 0 Å². The van der Waals surface area contributed by atoms with Crippen LogP contribution in [-0.4, -0.2) is 86.2 Å². The van der Waals surface area contributed by atoms with Crippen molar-refractivity contribution in [2.75, 3.05) is 0 Å². The first kappa shape index (κ1) is 31.2. The second-order valence-corrected chi connectivity index (χ2v) is 7.90. The van der Waals surface area contributed by atoms with E-state index in [-0.39, 0.29) is 12.8 Å². The van der Waals surface area contributed by atoms with Crippen LogP contribution in [0.1, 0.15) is 52.4 Å². The molecule has 0 saturated carbocycles. The average Bonchev–Trinajstić information content (AvgIpc) is 2.76. The molecule has 0 radical (unpaired) electrons. The number of nitrogens with one attached hydrogen (secondary N) is 3. The van der Waals surface area contributed by atoms with E-state index in [1.54, 1.807) is 13.8 Å². The van der Waals surface area contributed by atoms with Gasteiger partial charge >= 0.3 is 23.9 Å². The van der Waals surface area contributed by atoms with Gasteiger partial charge in [0.15, 0.2) is 0 Å². The third-order valence-corrected chi connectivity index (χ3v) is 5.07. The summed E-state index contributed by atoms with van der Waals surface area (Å²) in [6.07, 6.45) is -2.21. The van der Waals surface area contributed by atoms with Gasteiger partial charge in [0.1, 0.15) is 18.1 Å². The largest absolute Gasteiger partial charge is 0.481 e. The molecule has 3 amide bonds. The fraction of sp³-hybridized carbons (Fsp3) is 0.650. The van der Waals surface area contributed by atoms with Gasteiger partial charge in [0, 0.05) is 12.8 Å². The standard InChI is InChI=1S/C20H32N4O11/c1-3-9(2)16(24-17(31)10(21)4-6-13(25)26)19(33)23-12(8-15(29)30)18(32)22-11(20(34)35)5-7-14(27)28/h9-12,16H,3-8,21H2,1-2H3,(H,22,32)(H,23,33)(H,24,31)(H,25,26)(H,27,28)(H,29,30)(H,34,35). The van der Waals surface area contributed by atoms with Crippen LogP contribution in [0.4, 0.5) is 0 Å². The summed E-state index contributed by atoms with van der Waals surface area (Å²) < 4.78 is 0. The van der Waals surface area contributed by atoms with Crippen LogP contribution >= 0.6 is 0 Å². The molecule has 5 atom stereocenters. The van der Waals surface area contributed by atoms with E-state index in [1.807, 2.05) is 5.32 Å². The molecule has 0 aliphatic carbocycles. The number of amides is 3. The highest BCUT2D eigenvalue weighted by Gasteiger charge is 2.33. The minimum Gasteiger partial charge on any atom is -0.481 e. The zero-order valence-electron chi connectivity index (χ0n) is 19.4. The molecule has 0 aromatic rings. The van der Waals surface area contributed by atoms with E-state index in [4.69, 9.17) is 21.1 Å². The molecule has 0 aliphatic heterocycles. The normalized spacial score (nSPS) is 14.9. The summed E-state index contributed by atoms with van der Waals surface area (Å²) in [4.78, 5) is 81.7. The molecule has 198 valence electrons. The number of carboxylic acid groups (broad SMARTS) is 4. The number of nitrogens with two attached hydrogens (primary N) is 1. The van der Waals surface area contributed by atoms with Gasteiger partial charge in [-0.1, -0.05) is 20.3 Å². The van der Waals surface area contributed by atoms with Gasteiger partial charge in [0.25, 0.3) is 0 Å². The molecular weight excluding hydrogens is 472 g/mol. The molecule has 15 nitrogen and oxygen atoms in total. The number of carboxylic acids is 4. The second-order valence-electron chi connectivity index (χ2n) is 7.90. The third kappa shape index (κ3) is 12.3. The molecule has 0 aromatic heterocycles. The first-order valence-electron chi connectivity index (χ1n) is 10.7. The predicted molar refractivity (Wildman–Crippen MR) is 117 cm³/mol. The average molecular weight is 504 g/mol. The van der Waals surface area contributed by atoms with Crippen molar-refractivity contribution in [3.05, 3.63) is 0 Å². The second kappa shape index (κ2) is 15.2. The monoisotopic (exact) mass is 504 g/mol. The van der Waals surface area contributed by atoms with E-state index in [0.29, 0.717) is 6.42 Å². The first-order valence-corrected chi connectivity index (χ1v) is 10.7. The van der Waals surface area contributed by atoms with Crippen molar-refractivity contribution in [2.24, 2.45) is 11.7 Å². The summed E-state index contributed by atoms with van der Waals surface area (Å²) in [5, 5.41) is 42.3. The number of carbonyl (C=O) groups excluding carboxylic acids is 3. The van der Waals surface area contributed by atoms with E-state index < -0.39 is 90.9 Å². The maximum atomic E-state index is 12.9. The molecular formula is C20H32N4O11. The van der Waals surface area contributed by atoms with E-state index in [9.17, 15) is 38.7 Å². The zero-order valence-corrected chi connectivity index (χ0v) is 19.4. The van der Waals surface area contributed by atoms with Gasteiger partial charge in [-0.25, -0.2) is 4.79 Å². The van der Waals surface area contributed by atoms with Crippen LogP contribution < -0.4 is 21.7 Å². The predicted octanol–water partition coefficient (Wildman–Crippen LogP) is -1.90. The van der Waals surface area contributed by atoms with Gasteiger partial charge in [0.05, 0.1) is 12.5 Å². The maximum absolute atomic E-state index is 12.9. The van der Waals surface area contributed by atoms with Crippen LogP contribution in [0.2, 0.25) is 0 Å². The summed E-state index contributed by atoms with van der Waals surface area (Å²) in [6.45, 7) is 3.29. The maximum Gasteiger partial charge on any atom is 0.326 e. The Bertz CT molecular complexity index is 817. The number of hydrogen-bond donors (Lipinski definition) is 8. The van der Waals surface area contributed by atoms with Gasteiger partial charge < -0.3 is 42.1 Å². The lowest BCUT2D eigenvalue weighted by atomic mass is 9.97. The van der Waals surface area contributed by atoms with Crippen molar-refractivity contribution in [1.82, 2.24) is 16.0 Å². The highest BCUT2D eigenvalue weighted by molar-refractivity contribution is 5.95. The van der Waals surface area contributed by atoms with Crippen LogP contribution in [0.5, 0.6) is 0 Å². The van der Waals surface area contributed by atoms with Crippen LogP contribution in [-0.2, 0) is 33.6 Å². The first-order chi connectivity index (χ1) is 16.2. The minimum absolute atomic E-state index is 0.201. The molecule has 0 aromatic carbocycles. The SMILES string of the molecule is CCC(C)C(NC(=O)C(N)CCC(=O)O)C(=O)NC(CC(=O)O)C(=O)NC(CCC(=O)O)C(=O)O. The van der Waals surface area contributed by atoms with Crippen molar-refractivity contribution in [3.8, 4) is 0 Å². The molecule has 15 heteroatoms. The van der Waals surface area contributed by atoms with Crippen molar-refractivity contribution < 1.29 is 54.0 Å². The minimum atomic E-state index is -1.74. The number of carbonyl (C=O) groups is 7. The number of aliphatic carboxylic acids is 4. The summed E-state index contributed by atoms with van der Waals surface area (Å²) in [7, 11) is 0. The van der Waals surface area contributed by atoms with Crippen LogP contribution in [0, 0.1) is 5.92 Å². The van der Waals surface area contributed by atoms with Crippen molar-refractivity contribution in [1.29, 1.82) is 0 Å². The van der Waals surface area contributed by atoms with E-state index in [2.05, 4.69) is 10.6 Å². The summed E-state index contributed by atoms with van der Waals surface area (Å²) in [5.41, 5.74) is 5.66. The Morgan fingerprint density at radius 2 is 1.23 bits per heavy atom. The molecule has 9 N–H and O–H groups in total. The Hall–Kier alpha value is -3.75. The van der Waals surface area contributed by atoms with Crippen LogP contribution in [0.15, 0.2) is 0 Å². The highest BCUT2D eigenvalue weighted by Crippen LogP contribution is 2.10. The van der Waals surface area contributed by atoms with Crippen molar-refractivity contribution >= 4 is 41.6 Å². The van der Waals surface area contributed by atoms with Gasteiger partial charge in [-0.05, 0) is 18.8 Å². The fourth-order valence-electron chi connectivity index (χ4n) is 2.82. The van der Waals surface area contributed by atoms with E-state index >= 15 is 0 Å². The smallest absolute Gasteiger partial charge is 0.326 e. The summed E-state index contributed by atoms with van der Waals surface area (Å²) in [6, 6.07) is -5.90.